The quantitative estimate of drug-likeness (QED) is 0.568. The first-order valence-corrected chi connectivity index (χ1v) is 8.84. The van der Waals surface area contributed by atoms with Crippen LogP contribution in [0.5, 0.6) is 0 Å². The molecule has 0 aliphatic carbocycles. The molecular formula is C12H29N3O3Si. The molecule has 0 aromatic rings. The highest BCUT2D eigenvalue weighted by molar-refractivity contribution is 6.62. The van der Waals surface area contributed by atoms with E-state index in [1.807, 2.05) is 0 Å². The van der Waals surface area contributed by atoms with Gasteiger partial charge in [-0.3, -0.25) is 4.90 Å². The summed E-state index contributed by atoms with van der Waals surface area (Å²) < 4.78 is 16.6. The number of piperazine rings is 1. The molecule has 1 aliphatic heterocycles. The van der Waals surface area contributed by atoms with Crippen LogP contribution in [0.4, 0.5) is 0 Å². The van der Waals surface area contributed by atoms with Gasteiger partial charge in [0.25, 0.3) is 0 Å². The van der Waals surface area contributed by atoms with E-state index >= 15 is 0 Å². The first kappa shape index (κ1) is 17.0. The van der Waals surface area contributed by atoms with Gasteiger partial charge in [0.1, 0.15) is 0 Å². The van der Waals surface area contributed by atoms with Crippen LogP contribution in [-0.2, 0) is 13.3 Å². The second kappa shape index (κ2) is 9.01. The van der Waals surface area contributed by atoms with Crippen molar-refractivity contribution in [1.82, 2.24) is 15.5 Å². The summed E-state index contributed by atoms with van der Waals surface area (Å²) in [5.74, 6) is 0. The van der Waals surface area contributed by atoms with E-state index in [4.69, 9.17) is 13.3 Å². The Bertz CT molecular complexity index is 228. The Labute approximate surface area is 118 Å². The van der Waals surface area contributed by atoms with E-state index in [0.29, 0.717) is 0 Å². The van der Waals surface area contributed by atoms with Crippen LogP contribution in [0, 0.1) is 0 Å². The molecule has 0 aromatic heterocycles. The third-order valence-corrected chi connectivity index (χ3v) is 6.89. The van der Waals surface area contributed by atoms with Crippen molar-refractivity contribution >= 4 is 8.80 Å². The normalized spacial score (nSPS) is 19.6. The minimum atomic E-state index is -2.58. The highest BCUT2D eigenvalue weighted by Crippen LogP contribution is 2.14. The molecule has 1 unspecified atom stereocenters. The molecule has 114 valence electrons. The van der Waals surface area contributed by atoms with E-state index in [9.17, 15) is 0 Å². The zero-order chi connectivity index (χ0) is 14.1. The van der Waals surface area contributed by atoms with E-state index in [1.54, 1.807) is 21.3 Å². The Kier molecular flexibility index (Phi) is 8.08. The molecule has 1 heterocycles. The maximum atomic E-state index is 5.54. The number of rotatable bonds is 9. The van der Waals surface area contributed by atoms with Crippen LogP contribution in [-0.4, -0.2) is 80.0 Å². The SMILES string of the molecule is CCC(NCCN1CCNCC1)[Si](OC)(OC)OC. The van der Waals surface area contributed by atoms with Crippen molar-refractivity contribution in [3.8, 4) is 0 Å². The molecular weight excluding hydrogens is 262 g/mol. The molecule has 0 radical (unpaired) electrons. The summed E-state index contributed by atoms with van der Waals surface area (Å²) in [6, 6.07) is 0. The topological polar surface area (TPSA) is 55.0 Å². The fourth-order valence-corrected chi connectivity index (χ4v) is 4.78. The van der Waals surface area contributed by atoms with E-state index < -0.39 is 8.80 Å². The predicted molar refractivity (Wildman–Crippen MR) is 78.2 cm³/mol. The molecule has 0 aromatic carbocycles. The van der Waals surface area contributed by atoms with E-state index in [1.165, 1.54) is 0 Å². The monoisotopic (exact) mass is 291 g/mol. The van der Waals surface area contributed by atoms with Crippen LogP contribution in [0.1, 0.15) is 13.3 Å². The van der Waals surface area contributed by atoms with Crippen LogP contribution in [0.2, 0.25) is 0 Å². The number of hydrogen-bond acceptors (Lipinski definition) is 6. The summed E-state index contributed by atoms with van der Waals surface area (Å²) in [5.41, 5.74) is 0.149. The molecule has 19 heavy (non-hydrogen) atoms. The molecule has 1 rings (SSSR count). The van der Waals surface area contributed by atoms with E-state index in [2.05, 4.69) is 22.5 Å². The Hall–Kier alpha value is -0.0231. The van der Waals surface area contributed by atoms with Crippen molar-refractivity contribution in [3.63, 3.8) is 0 Å². The molecule has 0 spiro atoms. The van der Waals surface area contributed by atoms with Crippen LogP contribution < -0.4 is 10.6 Å². The van der Waals surface area contributed by atoms with Gasteiger partial charge < -0.3 is 23.9 Å². The average molecular weight is 291 g/mol. The van der Waals surface area contributed by atoms with Crippen molar-refractivity contribution in [2.24, 2.45) is 0 Å². The van der Waals surface area contributed by atoms with Crippen molar-refractivity contribution in [1.29, 1.82) is 0 Å². The molecule has 0 saturated carbocycles. The summed E-state index contributed by atoms with van der Waals surface area (Å²) in [4.78, 5) is 2.46. The van der Waals surface area contributed by atoms with Crippen molar-refractivity contribution in [3.05, 3.63) is 0 Å². The lowest BCUT2D eigenvalue weighted by atomic mass is 10.3. The summed E-state index contributed by atoms with van der Waals surface area (Å²) in [5, 5.41) is 6.90. The van der Waals surface area contributed by atoms with Gasteiger partial charge in [0.15, 0.2) is 0 Å². The van der Waals surface area contributed by atoms with Crippen LogP contribution in [0.3, 0.4) is 0 Å². The standard InChI is InChI=1S/C12H29N3O3Si/c1-5-12(19(16-2,17-3)18-4)14-8-11-15-9-6-13-7-10-15/h12-14H,5-11H2,1-4H3. The number of nitrogens with zero attached hydrogens (tertiary/aromatic N) is 1. The molecule has 1 atom stereocenters. The van der Waals surface area contributed by atoms with Crippen molar-refractivity contribution < 1.29 is 13.3 Å². The number of hydrogen-bond donors (Lipinski definition) is 2. The zero-order valence-electron chi connectivity index (χ0n) is 12.7. The van der Waals surface area contributed by atoms with E-state index in [0.717, 1.165) is 45.7 Å². The van der Waals surface area contributed by atoms with Gasteiger partial charge in [-0.2, -0.15) is 0 Å². The summed E-state index contributed by atoms with van der Waals surface area (Å²) >= 11 is 0. The van der Waals surface area contributed by atoms with Crippen molar-refractivity contribution in [2.45, 2.75) is 19.0 Å². The maximum Gasteiger partial charge on any atom is 0.517 e. The lowest BCUT2D eigenvalue weighted by Gasteiger charge is -2.33. The smallest absolute Gasteiger partial charge is 0.376 e. The van der Waals surface area contributed by atoms with Gasteiger partial charge in [-0.05, 0) is 6.42 Å². The third-order valence-electron chi connectivity index (χ3n) is 3.72. The molecule has 1 fully saturated rings. The molecule has 1 aliphatic rings. The van der Waals surface area contributed by atoms with Gasteiger partial charge in [0, 0.05) is 60.6 Å². The van der Waals surface area contributed by atoms with Gasteiger partial charge in [0.2, 0.25) is 0 Å². The summed E-state index contributed by atoms with van der Waals surface area (Å²) in [6.07, 6.45) is 0.934. The Morgan fingerprint density at radius 2 is 1.74 bits per heavy atom. The largest absolute Gasteiger partial charge is 0.517 e. The first-order valence-electron chi connectivity index (χ1n) is 7.04. The van der Waals surface area contributed by atoms with Crippen LogP contribution in [0.25, 0.3) is 0 Å². The molecule has 6 nitrogen and oxygen atoms in total. The minimum Gasteiger partial charge on any atom is -0.376 e. The predicted octanol–water partition coefficient (Wildman–Crippen LogP) is -0.323. The van der Waals surface area contributed by atoms with Gasteiger partial charge in [-0.1, -0.05) is 6.92 Å². The van der Waals surface area contributed by atoms with Gasteiger partial charge in [0.05, 0.1) is 5.67 Å². The number of nitrogens with one attached hydrogen (secondary N) is 2. The average Bonchev–Trinajstić information content (AvgIpc) is 2.48. The highest BCUT2D eigenvalue weighted by atomic mass is 28.4. The van der Waals surface area contributed by atoms with Gasteiger partial charge in [-0.15, -0.1) is 0 Å². The molecule has 7 heteroatoms. The Balaban J connectivity index is 2.38. The summed E-state index contributed by atoms with van der Waals surface area (Å²) in [6.45, 7) is 8.54. The molecule has 0 amide bonds. The lowest BCUT2D eigenvalue weighted by molar-refractivity contribution is 0.105. The van der Waals surface area contributed by atoms with Gasteiger partial charge >= 0.3 is 8.80 Å². The van der Waals surface area contributed by atoms with Crippen LogP contribution in [0.15, 0.2) is 0 Å². The fourth-order valence-electron chi connectivity index (χ4n) is 2.53. The molecule has 2 N–H and O–H groups in total. The zero-order valence-corrected chi connectivity index (χ0v) is 13.7. The second-order valence-electron chi connectivity index (χ2n) is 4.72. The fraction of sp³-hybridized carbons (Fsp3) is 1.00. The molecule has 0 bridgehead atoms. The van der Waals surface area contributed by atoms with Crippen molar-refractivity contribution in [2.75, 3.05) is 60.6 Å². The minimum absolute atomic E-state index is 0.149. The first-order chi connectivity index (χ1) is 9.22. The molecule has 1 saturated heterocycles. The Morgan fingerprint density at radius 3 is 2.21 bits per heavy atom. The van der Waals surface area contributed by atoms with Gasteiger partial charge in [-0.25, -0.2) is 0 Å². The lowest BCUT2D eigenvalue weighted by Crippen LogP contribution is -2.61. The second-order valence-corrected chi connectivity index (χ2v) is 7.85. The Morgan fingerprint density at radius 1 is 1.16 bits per heavy atom. The maximum absolute atomic E-state index is 5.54. The highest BCUT2D eigenvalue weighted by Gasteiger charge is 2.46. The van der Waals surface area contributed by atoms with E-state index in [-0.39, 0.29) is 5.67 Å². The third kappa shape index (κ3) is 4.78. The summed E-state index contributed by atoms with van der Waals surface area (Å²) in [7, 11) is 2.42. The van der Waals surface area contributed by atoms with Crippen LogP contribution >= 0.6 is 0 Å².